The molecule has 0 fully saturated rings. The van der Waals surface area contributed by atoms with Gasteiger partial charge in [-0.25, -0.2) is 0 Å². The average Bonchev–Trinajstić information content (AvgIpc) is 2.39. The van der Waals surface area contributed by atoms with Gasteiger partial charge in [0.25, 0.3) is 0 Å². The van der Waals surface area contributed by atoms with Crippen LogP contribution < -0.4 is 9.47 Å². The SMILES string of the molecule is [O-][n+]1ccccc1C1=CCOc2ccccc21. The van der Waals surface area contributed by atoms with E-state index in [0.717, 1.165) is 21.6 Å². The van der Waals surface area contributed by atoms with Crippen molar-refractivity contribution in [1.82, 2.24) is 0 Å². The second kappa shape index (κ2) is 3.94. The minimum absolute atomic E-state index is 0.501. The Balaban J connectivity index is 2.17. The van der Waals surface area contributed by atoms with Gasteiger partial charge < -0.3 is 9.94 Å². The summed E-state index contributed by atoms with van der Waals surface area (Å²) in [5.41, 5.74) is 2.56. The third-order valence-corrected chi connectivity index (χ3v) is 2.80. The number of benzene rings is 1. The van der Waals surface area contributed by atoms with E-state index in [2.05, 4.69) is 0 Å². The molecule has 3 heteroatoms. The highest BCUT2D eigenvalue weighted by molar-refractivity contribution is 5.81. The summed E-state index contributed by atoms with van der Waals surface area (Å²) in [6.07, 6.45) is 3.44. The Morgan fingerprint density at radius 2 is 1.88 bits per heavy atom. The summed E-state index contributed by atoms with van der Waals surface area (Å²) >= 11 is 0. The van der Waals surface area contributed by atoms with Gasteiger partial charge in [-0.15, -0.1) is 0 Å². The Morgan fingerprint density at radius 3 is 2.76 bits per heavy atom. The molecule has 0 aliphatic carbocycles. The number of fused-ring (bicyclic) bond motifs is 1. The van der Waals surface area contributed by atoms with Gasteiger partial charge in [0.2, 0.25) is 5.69 Å². The number of para-hydroxylation sites is 1. The summed E-state index contributed by atoms with van der Waals surface area (Å²) < 4.78 is 6.41. The first kappa shape index (κ1) is 9.90. The van der Waals surface area contributed by atoms with E-state index in [1.54, 1.807) is 6.07 Å². The second-order valence-electron chi connectivity index (χ2n) is 3.84. The predicted molar refractivity (Wildman–Crippen MR) is 64.4 cm³/mol. The van der Waals surface area contributed by atoms with Crippen molar-refractivity contribution >= 4 is 5.57 Å². The van der Waals surface area contributed by atoms with E-state index in [-0.39, 0.29) is 0 Å². The Kier molecular flexibility index (Phi) is 2.29. The van der Waals surface area contributed by atoms with Crippen LogP contribution in [0.5, 0.6) is 5.75 Å². The number of hydrogen-bond donors (Lipinski definition) is 0. The lowest BCUT2D eigenvalue weighted by atomic mass is 9.99. The van der Waals surface area contributed by atoms with E-state index in [1.165, 1.54) is 6.20 Å². The number of hydrogen-bond acceptors (Lipinski definition) is 2. The van der Waals surface area contributed by atoms with Gasteiger partial charge in [-0.05, 0) is 18.2 Å². The molecular weight excluding hydrogens is 214 g/mol. The number of aromatic nitrogens is 1. The molecule has 17 heavy (non-hydrogen) atoms. The Morgan fingerprint density at radius 1 is 1.06 bits per heavy atom. The van der Waals surface area contributed by atoms with Crippen LogP contribution in [0.3, 0.4) is 0 Å². The van der Waals surface area contributed by atoms with Gasteiger partial charge in [0.15, 0.2) is 6.20 Å². The molecular formula is C14H11NO2. The standard InChI is InChI=1S/C14H11NO2/c16-15-9-4-3-6-13(15)11-8-10-17-14-7-2-1-5-12(11)14/h1-9H,10H2. The maximum atomic E-state index is 11.8. The zero-order chi connectivity index (χ0) is 11.7. The van der Waals surface area contributed by atoms with Crippen molar-refractivity contribution in [3.63, 3.8) is 0 Å². The van der Waals surface area contributed by atoms with Crippen LogP contribution in [-0.2, 0) is 0 Å². The van der Waals surface area contributed by atoms with E-state index in [1.807, 2.05) is 42.5 Å². The van der Waals surface area contributed by atoms with Crippen molar-refractivity contribution in [3.8, 4) is 5.75 Å². The first-order valence-electron chi connectivity index (χ1n) is 5.47. The maximum Gasteiger partial charge on any atom is 0.224 e. The lowest BCUT2D eigenvalue weighted by Gasteiger charge is -2.17. The van der Waals surface area contributed by atoms with Crippen LogP contribution >= 0.6 is 0 Å². The maximum absolute atomic E-state index is 11.8. The molecule has 1 aliphatic heterocycles. The third-order valence-electron chi connectivity index (χ3n) is 2.80. The fraction of sp³-hybridized carbons (Fsp3) is 0.0714. The van der Waals surface area contributed by atoms with Crippen molar-refractivity contribution in [1.29, 1.82) is 0 Å². The molecule has 1 aliphatic rings. The number of pyridine rings is 1. The largest absolute Gasteiger partial charge is 0.618 e. The van der Waals surface area contributed by atoms with E-state index < -0.39 is 0 Å². The van der Waals surface area contributed by atoms with Gasteiger partial charge >= 0.3 is 0 Å². The molecule has 2 aromatic rings. The Labute approximate surface area is 99.2 Å². The van der Waals surface area contributed by atoms with Crippen molar-refractivity contribution in [2.75, 3.05) is 6.61 Å². The van der Waals surface area contributed by atoms with Crippen LogP contribution in [-0.4, -0.2) is 6.61 Å². The lowest BCUT2D eigenvalue weighted by Crippen LogP contribution is -2.31. The van der Waals surface area contributed by atoms with E-state index in [9.17, 15) is 5.21 Å². The average molecular weight is 225 g/mol. The summed E-state index contributed by atoms with van der Waals surface area (Å²) in [6.45, 7) is 0.501. The topological polar surface area (TPSA) is 36.2 Å². The van der Waals surface area contributed by atoms with E-state index >= 15 is 0 Å². The van der Waals surface area contributed by atoms with Crippen LogP contribution in [0.25, 0.3) is 5.57 Å². The quantitative estimate of drug-likeness (QED) is 0.550. The molecule has 0 spiro atoms. The number of rotatable bonds is 1. The van der Waals surface area contributed by atoms with Gasteiger partial charge in [0.05, 0.1) is 5.57 Å². The molecule has 3 nitrogen and oxygen atoms in total. The fourth-order valence-corrected chi connectivity index (χ4v) is 2.02. The lowest BCUT2D eigenvalue weighted by molar-refractivity contribution is -0.607. The molecule has 0 bridgehead atoms. The summed E-state index contributed by atoms with van der Waals surface area (Å²) in [5, 5.41) is 11.8. The first-order valence-corrected chi connectivity index (χ1v) is 5.47. The summed E-state index contributed by atoms with van der Waals surface area (Å²) in [5.74, 6) is 0.828. The molecule has 0 atom stereocenters. The highest BCUT2D eigenvalue weighted by Gasteiger charge is 2.19. The molecule has 0 amide bonds. The van der Waals surface area contributed by atoms with Crippen molar-refractivity contribution in [2.24, 2.45) is 0 Å². The zero-order valence-corrected chi connectivity index (χ0v) is 9.17. The minimum Gasteiger partial charge on any atom is -0.618 e. The Hall–Kier alpha value is -2.29. The number of nitrogens with zero attached hydrogens (tertiary/aromatic N) is 1. The Bertz CT molecular complexity index is 590. The van der Waals surface area contributed by atoms with Crippen LogP contribution in [0.2, 0.25) is 0 Å². The fourth-order valence-electron chi connectivity index (χ4n) is 2.02. The van der Waals surface area contributed by atoms with Crippen LogP contribution in [0.1, 0.15) is 11.3 Å². The molecule has 0 radical (unpaired) electrons. The highest BCUT2D eigenvalue weighted by Crippen LogP contribution is 2.32. The molecule has 1 aromatic heterocycles. The van der Waals surface area contributed by atoms with Crippen LogP contribution in [0.4, 0.5) is 0 Å². The highest BCUT2D eigenvalue weighted by atomic mass is 16.5. The molecule has 0 saturated heterocycles. The van der Waals surface area contributed by atoms with Gasteiger partial charge in [-0.2, -0.15) is 4.73 Å². The first-order chi connectivity index (χ1) is 8.36. The normalized spacial score (nSPS) is 13.5. The van der Waals surface area contributed by atoms with E-state index in [0.29, 0.717) is 12.3 Å². The molecule has 3 rings (SSSR count). The van der Waals surface area contributed by atoms with Crippen molar-refractivity contribution in [2.45, 2.75) is 0 Å². The van der Waals surface area contributed by atoms with Gasteiger partial charge in [-0.3, -0.25) is 0 Å². The molecule has 2 heterocycles. The molecule has 1 aromatic carbocycles. The zero-order valence-electron chi connectivity index (χ0n) is 9.17. The smallest absolute Gasteiger partial charge is 0.224 e. The summed E-state index contributed by atoms with van der Waals surface area (Å²) in [6, 6.07) is 13.2. The molecule has 0 N–H and O–H groups in total. The monoisotopic (exact) mass is 225 g/mol. The number of ether oxygens (including phenoxy) is 1. The van der Waals surface area contributed by atoms with Crippen LogP contribution in [0, 0.1) is 5.21 Å². The van der Waals surface area contributed by atoms with Gasteiger partial charge in [-0.1, -0.05) is 18.2 Å². The molecule has 0 unspecified atom stereocenters. The minimum atomic E-state index is 0.501. The van der Waals surface area contributed by atoms with Gasteiger partial charge in [0.1, 0.15) is 12.4 Å². The van der Waals surface area contributed by atoms with E-state index in [4.69, 9.17) is 4.74 Å². The summed E-state index contributed by atoms with van der Waals surface area (Å²) in [7, 11) is 0. The third kappa shape index (κ3) is 1.65. The summed E-state index contributed by atoms with van der Waals surface area (Å²) in [4.78, 5) is 0. The van der Waals surface area contributed by atoms with Crippen molar-refractivity contribution < 1.29 is 9.47 Å². The van der Waals surface area contributed by atoms with Crippen LogP contribution in [0.15, 0.2) is 54.7 Å². The molecule has 84 valence electrons. The van der Waals surface area contributed by atoms with Gasteiger partial charge in [0, 0.05) is 17.7 Å². The molecule has 0 saturated carbocycles. The van der Waals surface area contributed by atoms with Crippen molar-refractivity contribution in [3.05, 3.63) is 71.2 Å². The predicted octanol–water partition coefficient (Wildman–Crippen LogP) is 2.14. The second-order valence-corrected chi connectivity index (χ2v) is 3.84.